The smallest absolute Gasteiger partial charge is 0.0701 e. The number of nitrogens with zero attached hydrogens (tertiary/aromatic N) is 1. The molecule has 1 aromatic rings. The lowest BCUT2D eigenvalue weighted by Crippen LogP contribution is -2.45. The predicted molar refractivity (Wildman–Crippen MR) is 85.2 cm³/mol. The third kappa shape index (κ3) is 4.27. The lowest BCUT2D eigenvalue weighted by Gasteiger charge is -2.40. The van der Waals surface area contributed by atoms with Gasteiger partial charge in [-0.3, -0.25) is 4.90 Å². The quantitative estimate of drug-likeness (QED) is 0.840. The highest BCUT2D eigenvalue weighted by Crippen LogP contribution is 2.29. The first-order valence-corrected chi connectivity index (χ1v) is 7.91. The molecule has 1 aliphatic rings. The highest BCUT2D eigenvalue weighted by Gasteiger charge is 2.29. The van der Waals surface area contributed by atoms with Crippen LogP contribution in [0, 0.1) is 6.92 Å². The van der Waals surface area contributed by atoms with E-state index >= 15 is 0 Å². The van der Waals surface area contributed by atoms with Gasteiger partial charge in [0.05, 0.1) is 19.3 Å². The topological polar surface area (TPSA) is 58.7 Å². The standard InChI is InChI=1S/C17H28N2O2/c1-13-5-3-4-6-16(13)17(14(2)18)19-9-7-15(8-10-19)21-12-11-20/h3-6,14-15,17,20H,7-12,18H2,1-2H3. The lowest BCUT2D eigenvalue weighted by atomic mass is 9.93. The number of aliphatic hydroxyl groups excluding tert-OH is 1. The Morgan fingerprint density at radius 3 is 2.57 bits per heavy atom. The average Bonchev–Trinajstić information content (AvgIpc) is 2.48. The highest BCUT2D eigenvalue weighted by molar-refractivity contribution is 5.30. The Bertz CT molecular complexity index is 429. The molecule has 4 heteroatoms. The van der Waals surface area contributed by atoms with Crippen LogP contribution < -0.4 is 5.73 Å². The maximum atomic E-state index is 8.84. The molecule has 0 spiro atoms. The Morgan fingerprint density at radius 2 is 2.00 bits per heavy atom. The minimum absolute atomic E-state index is 0.0982. The van der Waals surface area contributed by atoms with Crippen LogP contribution >= 0.6 is 0 Å². The van der Waals surface area contributed by atoms with Crippen molar-refractivity contribution in [1.82, 2.24) is 4.90 Å². The van der Waals surface area contributed by atoms with Crippen molar-refractivity contribution in [3.05, 3.63) is 35.4 Å². The molecule has 0 bridgehead atoms. The van der Waals surface area contributed by atoms with Crippen molar-refractivity contribution in [1.29, 1.82) is 0 Å². The molecule has 0 saturated carbocycles. The number of benzene rings is 1. The largest absolute Gasteiger partial charge is 0.394 e. The van der Waals surface area contributed by atoms with Gasteiger partial charge < -0.3 is 15.6 Å². The number of hydrogen-bond acceptors (Lipinski definition) is 4. The van der Waals surface area contributed by atoms with E-state index in [-0.39, 0.29) is 24.8 Å². The van der Waals surface area contributed by atoms with Crippen LogP contribution in [-0.4, -0.2) is 48.5 Å². The van der Waals surface area contributed by atoms with E-state index in [2.05, 4.69) is 43.0 Å². The molecular weight excluding hydrogens is 264 g/mol. The van der Waals surface area contributed by atoms with Gasteiger partial charge in [-0.25, -0.2) is 0 Å². The molecule has 1 aliphatic heterocycles. The van der Waals surface area contributed by atoms with E-state index in [1.807, 2.05) is 0 Å². The second kappa shape index (κ2) is 7.90. The summed E-state index contributed by atoms with van der Waals surface area (Å²) >= 11 is 0. The molecule has 3 N–H and O–H groups in total. The fourth-order valence-corrected chi connectivity index (χ4v) is 3.27. The minimum Gasteiger partial charge on any atom is -0.394 e. The van der Waals surface area contributed by atoms with Crippen LogP contribution in [0.4, 0.5) is 0 Å². The number of aliphatic hydroxyl groups is 1. The van der Waals surface area contributed by atoms with Gasteiger partial charge in [0.15, 0.2) is 0 Å². The molecule has 0 radical (unpaired) electrons. The fraction of sp³-hybridized carbons (Fsp3) is 0.647. The zero-order chi connectivity index (χ0) is 15.2. The van der Waals surface area contributed by atoms with Crippen molar-refractivity contribution in [2.45, 2.75) is 44.9 Å². The van der Waals surface area contributed by atoms with Gasteiger partial charge in [0.25, 0.3) is 0 Å². The molecular formula is C17H28N2O2. The summed E-state index contributed by atoms with van der Waals surface area (Å²) in [6.07, 6.45) is 2.29. The normalized spacial score (nSPS) is 20.4. The van der Waals surface area contributed by atoms with Crippen molar-refractivity contribution in [3.8, 4) is 0 Å². The van der Waals surface area contributed by atoms with Crippen LogP contribution in [-0.2, 0) is 4.74 Å². The van der Waals surface area contributed by atoms with Gasteiger partial charge >= 0.3 is 0 Å². The van der Waals surface area contributed by atoms with Crippen LogP contribution in [0.25, 0.3) is 0 Å². The molecule has 0 aliphatic carbocycles. The van der Waals surface area contributed by atoms with E-state index < -0.39 is 0 Å². The lowest BCUT2D eigenvalue weighted by molar-refractivity contribution is -0.0173. The maximum absolute atomic E-state index is 8.84. The molecule has 1 aromatic carbocycles. The van der Waals surface area contributed by atoms with Crippen molar-refractivity contribution in [3.63, 3.8) is 0 Å². The second-order valence-electron chi connectivity index (χ2n) is 5.99. The Morgan fingerprint density at radius 1 is 1.33 bits per heavy atom. The summed E-state index contributed by atoms with van der Waals surface area (Å²) in [4.78, 5) is 2.48. The molecule has 2 unspecified atom stereocenters. The van der Waals surface area contributed by atoms with E-state index in [4.69, 9.17) is 15.6 Å². The van der Waals surface area contributed by atoms with Crippen LogP contribution in [0.5, 0.6) is 0 Å². The molecule has 0 amide bonds. The monoisotopic (exact) mass is 292 g/mol. The first-order chi connectivity index (χ1) is 10.1. The number of nitrogens with two attached hydrogens (primary N) is 1. The SMILES string of the molecule is Cc1ccccc1C(C(C)N)N1CCC(OCCO)CC1. The van der Waals surface area contributed by atoms with Crippen molar-refractivity contribution < 1.29 is 9.84 Å². The number of hydrogen-bond donors (Lipinski definition) is 2. The molecule has 21 heavy (non-hydrogen) atoms. The van der Waals surface area contributed by atoms with Crippen molar-refractivity contribution >= 4 is 0 Å². The molecule has 1 fully saturated rings. The van der Waals surface area contributed by atoms with Crippen molar-refractivity contribution in [2.75, 3.05) is 26.3 Å². The summed E-state index contributed by atoms with van der Waals surface area (Å²) in [7, 11) is 0. The van der Waals surface area contributed by atoms with Gasteiger partial charge in [0, 0.05) is 25.2 Å². The number of likely N-dealkylation sites (tertiary alicyclic amines) is 1. The van der Waals surface area contributed by atoms with E-state index in [9.17, 15) is 0 Å². The fourth-order valence-electron chi connectivity index (χ4n) is 3.27. The number of ether oxygens (including phenoxy) is 1. The van der Waals surface area contributed by atoms with Gasteiger partial charge in [-0.15, -0.1) is 0 Å². The van der Waals surface area contributed by atoms with Gasteiger partial charge in [-0.05, 0) is 37.8 Å². The zero-order valence-corrected chi connectivity index (χ0v) is 13.2. The summed E-state index contributed by atoms with van der Waals surface area (Å²) in [5, 5.41) is 8.84. The summed E-state index contributed by atoms with van der Waals surface area (Å²) in [5.41, 5.74) is 8.92. The van der Waals surface area contributed by atoms with Crippen LogP contribution in [0.3, 0.4) is 0 Å². The minimum atomic E-state index is 0.0982. The maximum Gasteiger partial charge on any atom is 0.0701 e. The van der Waals surface area contributed by atoms with Crippen LogP contribution in [0.1, 0.15) is 36.9 Å². The Kier molecular flexibility index (Phi) is 6.18. The summed E-state index contributed by atoms with van der Waals surface area (Å²) in [6.45, 7) is 6.78. The molecule has 0 aromatic heterocycles. The summed E-state index contributed by atoms with van der Waals surface area (Å²) < 4.78 is 5.64. The Labute approximate surface area is 127 Å². The zero-order valence-electron chi connectivity index (χ0n) is 13.2. The third-order valence-corrected chi connectivity index (χ3v) is 4.32. The second-order valence-corrected chi connectivity index (χ2v) is 5.99. The predicted octanol–water partition coefficient (Wildman–Crippen LogP) is 1.86. The van der Waals surface area contributed by atoms with E-state index in [0.717, 1.165) is 25.9 Å². The number of piperidine rings is 1. The van der Waals surface area contributed by atoms with Gasteiger partial charge in [0.1, 0.15) is 0 Å². The summed E-state index contributed by atoms with van der Waals surface area (Å²) in [5.74, 6) is 0. The van der Waals surface area contributed by atoms with Gasteiger partial charge in [-0.2, -0.15) is 0 Å². The average molecular weight is 292 g/mol. The molecule has 1 heterocycles. The van der Waals surface area contributed by atoms with Gasteiger partial charge in [-0.1, -0.05) is 24.3 Å². The Balaban J connectivity index is 2.03. The Hall–Kier alpha value is -0.940. The molecule has 4 nitrogen and oxygen atoms in total. The molecule has 2 rings (SSSR count). The highest BCUT2D eigenvalue weighted by atomic mass is 16.5. The van der Waals surface area contributed by atoms with E-state index in [1.165, 1.54) is 11.1 Å². The number of aryl methyl sites for hydroxylation is 1. The molecule has 1 saturated heterocycles. The first-order valence-electron chi connectivity index (χ1n) is 7.91. The first kappa shape index (κ1) is 16.4. The van der Waals surface area contributed by atoms with Crippen molar-refractivity contribution in [2.24, 2.45) is 5.73 Å². The molecule has 2 atom stereocenters. The van der Waals surface area contributed by atoms with E-state index in [0.29, 0.717) is 6.61 Å². The van der Waals surface area contributed by atoms with Crippen LogP contribution in [0.15, 0.2) is 24.3 Å². The van der Waals surface area contributed by atoms with Crippen LogP contribution in [0.2, 0.25) is 0 Å². The summed E-state index contributed by atoms with van der Waals surface area (Å²) in [6, 6.07) is 8.88. The molecule has 118 valence electrons. The van der Waals surface area contributed by atoms with Gasteiger partial charge in [0.2, 0.25) is 0 Å². The van der Waals surface area contributed by atoms with E-state index in [1.54, 1.807) is 0 Å². The number of rotatable bonds is 6. The third-order valence-electron chi connectivity index (χ3n) is 4.32.